The molecule has 2 atom stereocenters. The van der Waals surface area contributed by atoms with Crippen molar-refractivity contribution in [3.8, 4) is 28.7 Å². The fraction of sp³-hybridized carbons (Fsp3) is 0.316. The molecule has 0 aromatic heterocycles. The zero-order chi connectivity index (χ0) is 18.6. The highest BCUT2D eigenvalue weighted by Crippen LogP contribution is 2.46. The number of phenols is 2. The average Bonchev–Trinajstić information content (AvgIpc) is 3.09. The second kappa shape index (κ2) is 5.81. The van der Waals surface area contributed by atoms with Crippen molar-refractivity contribution in [3.63, 3.8) is 0 Å². The SMILES string of the molecule is Cc1c(O)c(C)c2c(c1O)C(=O)C(Cc1ccc3c(c1)OCO3)C(O)O2. The molecule has 0 bridgehead atoms. The van der Waals surface area contributed by atoms with Crippen LogP contribution in [0.25, 0.3) is 0 Å². The molecule has 0 aliphatic carbocycles. The van der Waals surface area contributed by atoms with Crippen molar-refractivity contribution in [1.82, 2.24) is 0 Å². The summed E-state index contributed by atoms with van der Waals surface area (Å²) >= 11 is 0. The van der Waals surface area contributed by atoms with E-state index in [0.717, 1.165) is 5.56 Å². The second-order valence-electron chi connectivity index (χ2n) is 6.52. The van der Waals surface area contributed by atoms with E-state index < -0.39 is 18.0 Å². The Bertz CT molecular complexity index is 919. The first-order chi connectivity index (χ1) is 12.4. The summed E-state index contributed by atoms with van der Waals surface area (Å²) in [7, 11) is 0. The molecule has 7 nitrogen and oxygen atoms in total. The van der Waals surface area contributed by atoms with Crippen molar-refractivity contribution in [2.24, 2.45) is 5.92 Å². The highest BCUT2D eigenvalue weighted by molar-refractivity contribution is 6.05. The smallest absolute Gasteiger partial charge is 0.231 e. The van der Waals surface area contributed by atoms with Crippen LogP contribution in [0.3, 0.4) is 0 Å². The van der Waals surface area contributed by atoms with Gasteiger partial charge in [0.2, 0.25) is 13.1 Å². The molecule has 0 saturated heterocycles. The summed E-state index contributed by atoms with van der Waals surface area (Å²) in [6.07, 6.45) is -1.19. The molecule has 3 N–H and O–H groups in total. The lowest BCUT2D eigenvalue weighted by atomic mass is 9.85. The van der Waals surface area contributed by atoms with Gasteiger partial charge in [0.25, 0.3) is 0 Å². The first kappa shape index (κ1) is 16.5. The number of carbonyl (C=O) groups excluding carboxylic acids is 1. The van der Waals surface area contributed by atoms with E-state index in [1.54, 1.807) is 25.1 Å². The number of benzene rings is 2. The van der Waals surface area contributed by atoms with Crippen LogP contribution in [0, 0.1) is 19.8 Å². The third kappa shape index (κ3) is 2.35. The molecule has 2 aromatic carbocycles. The topological polar surface area (TPSA) is 105 Å². The number of Topliss-reactive ketones (excluding diaryl/α,β-unsaturated/α-hetero) is 1. The van der Waals surface area contributed by atoms with Crippen LogP contribution in [0.2, 0.25) is 0 Å². The van der Waals surface area contributed by atoms with E-state index in [1.165, 1.54) is 6.92 Å². The number of ether oxygens (including phenoxy) is 3. The van der Waals surface area contributed by atoms with Gasteiger partial charge >= 0.3 is 0 Å². The van der Waals surface area contributed by atoms with Crippen LogP contribution in [0.4, 0.5) is 0 Å². The predicted octanol–water partition coefficient (Wildman–Crippen LogP) is 2.20. The monoisotopic (exact) mass is 358 g/mol. The van der Waals surface area contributed by atoms with Gasteiger partial charge in [-0.3, -0.25) is 4.79 Å². The normalized spacial score (nSPS) is 20.7. The van der Waals surface area contributed by atoms with Crippen LogP contribution in [-0.2, 0) is 6.42 Å². The van der Waals surface area contributed by atoms with E-state index in [4.69, 9.17) is 14.2 Å². The van der Waals surface area contributed by atoms with E-state index >= 15 is 0 Å². The van der Waals surface area contributed by atoms with Crippen molar-refractivity contribution >= 4 is 5.78 Å². The number of rotatable bonds is 2. The predicted molar refractivity (Wildman–Crippen MR) is 90.0 cm³/mol. The standard InChI is InChI=1S/C19H18O7/c1-8-15(20)9(2)18-14(16(8)21)17(22)11(19(23)26-18)5-10-3-4-12-13(6-10)25-7-24-12/h3-4,6,11,19-21,23H,5,7H2,1-2H3. The van der Waals surface area contributed by atoms with Crippen molar-refractivity contribution in [2.75, 3.05) is 6.79 Å². The number of phenolic OH excluding ortho intramolecular Hbond substituents is 2. The van der Waals surface area contributed by atoms with Crippen LogP contribution < -0.4 is 14.2 Å². The Kier molecular flexibility index (Phi) is 3.69. The Hall–Kier alpha value is -2.93. The minimum Gasteiger partial charge on any atom is -0.507 e. The summed E-state index contributed by atoms with van der Waals surface area (Å²) in [4.78, 5) is 13.0. The Morgan fingerprint density at radius 1 is 1.08 bits per heavy atom. The number of hydrogen-bond acceptors (Lipinski definition) is 7. The van der Waals surface area contributed by atoms with E-state index in [0.29, 0.717) is 17.1 Å². The zero-order valence-electron chi connectivity index (χ0n) is 14.3. The minimum atomic E-state index is -1.39. The van der Waals surface area contributed by atoms with Gasteiger partial charge in [-0.15, -0.1) is 0 Å². The highest BCUT2D eigenvalue weighted by Gasteiger charge is 2.40. The van der Waals surface area contributed by atoms with Crippen LogP contribution >= 0.6 is 0 Å². The summed E-state index contributed by atoms with van der Waals surface area (Å²) in [5.74, 6) is -0.570. The van der Waals surface area contributed by atoms with Crippen molar-refractivity contribution in [1.29, 1.82) is 0 Å². The number of aromatic hydroxyl groups is 2. The van der Waals surface area contributed by atoms with Crippen LogP contribution in [0.5, 0.6) is 28.7 Å². The average molecular weight is 358 g/mol. The number of hydrogen-bond donors (Lipinski definition) is 3. The van der Waals surface area contributed by atoms with E-state index in [9.17, 15) is 20.1 Å². The molecule has 0 fully saturated rings. The van der Waals surface area contributed by atoms with Crippen molar-refractivity contribution < 1.29 is 34.3 Å². The minimum absolute atomic E-state index is 0.00570. The van der Waals surface area contributed by atoms with Crippen molar-refractivity contribution in [2.45, 2.75) is 26.6 Å². The highest BCUT2D eigenvalue weighted by atomic mass is 16.7. The van der Waals surface area contributed by atoms with E-state index in [-0.39, 0.29) is 41.6 Å². The molecule has 4 rings (SSSR count). The number of carbonyl (C=O) groups is 1. The van der Waals surface area contributed by atoms with Gasteiger partial charge in [0.1, 0.15) is 22.8 Å². The third-order valence-corrected chi connectivity index (χ3v) is 4.93. The number of fused-ring (bicyclic) bond motifs is 2. The number of aliphatic hydroxyl groups excluding tert-OH is 1. The molecule has 0 spiro atoms. The summed E-state index contributed by atoms with van der Waals surface area (Å²) < 4.78 is 16.1. The number of ketones is 1. The van der Waals surface area contributed by atoms with Gasteiger partial charge in [-0.25, -0.2) is 0 Å². The molecule has 2 aromatic rings. The third-order valence-electron chi connectivity index (χ3n) is 4.93. The van der Waals surface area contributed by atoms with Crippen LogP contribution in [0.1, 0.15) is 27.0 Å². The van der Waals surface area contributed by atoms with Gasteiger partial charge in [0.15, 0.2) is 17.3 Å². The number of aliphatic hydroxyl groups is 1. The molecule has 0 saturated carbocycles. The van der Waals surface area contributed by atoms with Crippen LogP contribution in [-0.4, -0.2) is 34.2 Å². The fourth-order valence-corrected chi connectivity index (χ4v) is 3.39. The molecule has 2 heterocycles. The lowest BCUT2D eigenvalue weighted by Crippen LogP contribution is -2.39. The maximum atomic E-state index is 13.0. The summed E-state index contributed by atoms with van der Waals surface area (Å²) in [5.41, 5.74) is 1.28. The molecule has 0 amide bonds. The molecule has 2 unspecified atom stereocenters. The molecule has 26 heavy (non-hydrogen) atoms. The van der Waals surface area contributed by atoms with Gasteiger partial charge in [-0.1, -0.05) is 6.07 Å². The maximum absolute atomic E-state index is 13.0. The first-order valence-electron chi connectivity index (χ1n) is 8.21. The fourth-order valence-electron chi connectivity index (χ4n) is 3.39. The Balaban J connectivity index is 1.71. The summed E-state index contributed by atoms with van der Waals surface area (Å²) in [6.45, 7) is 3.23. The van der Waals surface area contributed by atoms with E-state index in [2.05, 4.69) is 0 Å². The zero-order valence-corrected chi connectivity index (χ0v) is 14.3. The summed E-state index contributed by atoms with van der Waals surface area (Å²) in [5, 5.41) is 30.7. The van der Waals surface area contributed by atoms with Gasteiger partial charge < -0.3 is 29.5 Å². The van der Waals surface area contributed by atoms with Gasteiger partial charge in [-0.2, -0.15) is 0 Å². The molecule has 2 aliphatic rings. The summed E-state index contributed by atoms with van der Waals surface area (Å²) in [6, 6.07) is 5.29. The maximum Gasteiger partial charge on any atom is 0.231 e. The van der Waals surface area contributed by atoms with Gasteiger partial charge in [0.05, 0.1) is 5.92 Å². The Morgan fingerprint density at radius 2 is 1.81 bits per heavy atom. The van der Waals surface area contributed by atoms with Gasteiger partial charge in [-0.05, 0) is 38.0 Å². The molecule has 136 valence electrons. The van der Waals surface area contributed by atoms with E-state index in [1.807, 2.05) is 0 Å². The molecule has 7 heteroatoms. The van der Waals surface area contributed by atoms with Crippen molar-refractivity contribution in [3.05, 3.63) is 40.5 Å². The quantitative estimate of drug-likeness (QED) is 0.756. The molecule has 0 radical (unpaired) electrons. The first-order valence-corrected chi connectivity index (χ1v) is 8.21. The molecular weight excluding hydrogens is 340 g/mol. The molecule has 2 aliphatic heterocycles. The second-order valence-corrected chi connectivity index (χ2v) is 6.52. The molecular formula is C19H18O7. The Labute approximate surface area is 149 Å². The lowest BCUT2D eigenvalue weighted by Gasteiger charge is -2.31. The largest absolute Gasteiger partial charge is 0.507 e. The van der Waals surface area contributed by atoms with Gasteiger partial charge in [0, 0.05) is 11.1 Å². The lowest BCUT2D eigenvalue weighted by molar-refractivity contribution is -0.0598. The Morgan fingerprint density at radius 3 is 2.58 bits per heavy atom. The van der Waals surface area contributed by atoms with Crippen LogP contribution in [0.15, 0.2) is 18.2 Å².